The molecule has 1 rings (SSSR count). The van der Waals surface area contributed by atoms with Crippen LogP contribution in [0.4, 0.5) is 22.0 Å². The number of unbranched alkanes of at least 4 members (excludes halogenated alkanes) is 2. The number of hydrogen-bond acceptors (Lipinski definition) is 1. The number of rotatable bonds is 8. The number of nitrogens with one attached hydrogen (secondary N) is 1. The smallest absolute Gasteiger partial charge is 0.350 e. The van der Waals surface area contributed by atoms with Crippen LogP contribution in [0.3, 0.4) is 0 Å². The van der Waals surface area contributed by atoms with Gasteiger partial charge in [-0.25, -0.2) is 0 Å². The first-order valence-electron chi connectivity index (χ1n) is 7.91. The number of carbonyl (C=O) groups excluding carboxylic acids is 1. The maximum Gasteiger partial charge on any atom is 0.453 e. The fourth-order valence-corrected chi connectivity index (χ4v) is 2.31. The molecule has 0 saturated heterocycles. The summed E-state index contributed by atoms with van der Waals surface area (Å²) in [5, 5.41) is 2.65. The molecule has 0 fully saturated rings. The fraction of sp³-hybridized carbons (Fsp3) is 0.588. The summed E-state index contributed by atoms with van der Waals surface area (Å²) in [6.45, 7) is 3.82. The lowest BCUT2D eigenvalue weighted by Crippen LogP contribution is -2.39. The Kier molecular flexibility index (Phi) is 7.17. The highest BCUT2D eigenvalue weighted by Gasteiger charge is 2.57. The van der Waals surface area contributed by atoms with E-state index in [1.165, 1.54) is 18.2 Å². The van der Waals surface area contributed by atoms with Crippen molar-refractivity contribution in [1.82, 2.24) is 5.32 Å². The summed E-state index contributed by atoms with van der Waals surface area (Å²) in [5.74, 6) is -5.51. The lowest BCUT2D eigenvalue weighted by Gasteiger charge is -2.21. The normalized spacial score (nSPS) is 13.6. The highest BCUT2D eigenvalue weighted by molar-refractivity contribution is 5.95. The van der Waals surface area contributed by atoms with Crippen LogP contribution in [-0.4, -0.2) is 24.0 Å². The molecule has 0 aliphatic rings. The predicted octanol–water partition coefficient (Wildman–Crippen LogP) is 5.13. The zero-order valence-electron chi connectivity index (χ0n) is 13.7. The first-order chi connectivity index (χ1) is 11.1. The third-order valence-electron chi connectivity index (χ3n) is 3.71. The maximum absolute atomic E-state index is 13.3. The second kappa shape index (κ2) is 8.44. The lowest BCUT2D eigenvalue weighted by molar-refractivity contribution is -0.281. The van der Waals surface area contributed by atoms with Crippen molar-refractivity contribution in [2.75, 3.05) is 0 Å². The molecular weight excluding hydrogens is 329 g/mol. The van der Waals surface area contributed by atoms with E-state index in [4.69, 9.17) is 0 Å². The minimum absolute atomic E-state index is 0.149. The first kappa shape index (κ1) is 20.4. The van der Waals surface area contributed by atoms with Gasteiger partial charge in [0.05, 0.1) is 0 Å². The molecule has 0 aliphatic carbocycles. The largest absolute Gasteiger partial charge is 0.453 e. The molecule has 2 nitrogen and oxygen atoms in total. The van der Waals surface area contributed by atoms with Crippen LogP contribution in [0.2, 0.25) is 0 Å². The van der Waals surface area contributed by atoms with Gasteiger partial charge in [-0.3, -0.25) is 4.79 Å². The van der Waals surface area contributed by atoms with Crippen molar-refractivity contribution in [3.63, 3.8) is 0 Å². The van der Waals surface area contributed by atoms with Crippen molar-refractivity contribution in [2.45, 2.75) is 64.1 Å². The van der Waals surface area contributed by atoms with Gasteiger partial charge < -0.3 is 5.32 Å². The van der Waals surface area contributed by atoms with Gasteiger partial charge in [-0.05, 0) is 25.0 Å². The van der Waals surface area contributed by atoms with Gasteiger partial charge in [0, 0.05) is 18.0 Å². The molecule has 1 aromatic rings. The average Bonchev–Trinajstić information content (AvgIpc) is 2.46. The van der Waals surface area contributed by atoms with Crippen LogP contribution in [0.25, 0.3) is 0 Å². The highest BCUT2D eigenvalue weighted by atomic mass is 19.4. The monoisotopic (exact) mass is 351 g/mol. The Balaban J connectivity index is 2.84. The van der Waals surface area contributed by atoms with Gasteiger partial charge in [0.2, 0.25) is 0 Å². The molecule has 7 heteroatoms. The molecule has 1 aromatic carbocycles. The SMILES string of the molecule is CCCCCC(C)NC(=O)c1ccccc1CC(F)(F)C(F)(F)F. The van der Waals surface area contributed by atoms with E-state index in [1.54, 1.807) is 6.92 Å². The van der Waals surface area contributed by atoms with Crippen LogP contribution in [0.5, 0.6) is 0 Å². The van der Waals surface area contributed by atoms with Crippen molar-refractivity contribution in [3.8, 4) is 0 Å². The minimum atomic E-state index is -5.65. The first-order valence-corrected chi connectivity index (χ1v) is 7.91. The standard InChI is InChI=1S/C17H22F5NO/c1-3-4-5-8-12(2)23-15(24)14-10-7-6-9-13(14)11-16(18,19)17(20,21)22/h6-7,9-10,12H,3-5,8,11H2,1-2H3,(H,23,24). The van der Waals surface area contributed by atoms with E-state index in [-0.39, 0.29) is 17.2 Å². The molecular formula is C17H22F5NO. The van der Waals surface area contributed by atoms with Gasteiger partial charge >= 0.3 is 12.1 Å². The quantitative estimate of drug-likeness (QED) is 0.511. The summed E-state index contributed by atoms with van der Waals surface area (Å²) in [6, 6.07) is 4.97. The van der Waals surface area contributed by atoms with Crippen LogP contribution in [0, 0.1) is 0 Å². The van der Waals surface area contributed by atoms with Crippen LogP contribution in [0.1, 0.15) is 55.5 Å². The summed E-state index contributed by atoms with van der Waals surface area (Å²) >= 11 is 0. The molecule has 136 valence electrons. The van der Waals surface area contributed by atoms with E-state index in [0.717, 1.165) is 31.7 Å². The maximum atomic E-state index is 13.3. The predicted molar refractivity (Wildman–Crippen MR) is 82.2 cm³/mol. The Bertz CT molecular complexity index is 542. The Hall–Kier alpha value is -1.66. The van der Waals surface area contributed by atoms with Crippen molar-refractivity contribution in [3.05, 3.63) is 35.4 Å². The van der Waals surface area contributed by atoms with Crippen LogP contribution in [-0.2, 0) is 6.42 Å². The summed E-state index contributed by atoms with van der Waals surface area (Å²) in [7, 11) is 0. The van der Waals surface area contributed by atoms with Gasteiger partial charge in [-0.15, -0.1) is 0 Å². The molecule has 0 aromatic heterocycles. The fourth-order valence-electron chi connectivity index (χ4n) is 2.31. The molecule has 0 saturated carbocycles. The Morgan fingerprint density at radius 1 is 1.12 bits per heavy atom. The molecule has 1 amide bonds. The van der Waals surface area contributed by atoms with E-state index >= 15 is 0 Å². The van der Waals surface area contributed by atoms with E-state index in [9.17, 15) is 26.7 Å². The minimum Gasteiger partial charge on any atom is -0.350 e. The summed E-state index contributed by atoms with van der Waals surface area (Å²) in [5.41, 5.74) is -0.471. The van der Waals surface area contributed by atoms with Crippen molar-refractivity contribution < 1.29 is 26.7 Å². The molecule has 0 radical (unpaired) electrons. The summed E-state index contributed by atoms with van der Waals surface area (Å²) in [4.78, 5) is 12.2. The molecule has 0 aliphatic heterocycles. The van der Waals surface area contributed by atoms with Gasteiger partial charge in [0.25, 0.3) is 5.91 Å². The van der Waals surface area contributed by atoms with E-state index < -0.39 is 24.4 Å². The zero-order valence-corrected chi connectivity index (χ0v) is 13.7. The number of carbonyl (C=O) groups is 1. The molecule has 0 heterocycles. The van der Waals surface area contributed by atoms with Gasteiger partial charge in [-0.2, -0.15) is 22.0 Å². The number of alkyl halides is 5. The van der Waals surface area contributed by atoms with Gasteiger partial charge in [0.1, 0.15) is 0 Å². The molecule has 1 N–H and O–H groups in total. The van der Waals surface area contributed by atoms with Crippen molar-refractivity contribution >= 4 is 5.91 Å². The zero-order chi connectivity index (χ0) is 18.4. The van der Waals surface area contributed by atoms with Gasteiger partial charge in [-0.1, -0.05) is 44.4 Å². The topological polar surface area (TPSA) is 29.1 Å². The highest BCUT2D eigenvalue weighted by Crippen LogP contribution is 2.38. The molecule has 1 unspecified atom stereocenters. The summed E-state index contributed by atoms with van der Waals surface area (Å²) < 4.78 is 63.7. The van der Waals surface area contributed by atoms with E-state index in [2.05, 4.69) is 5.32 Å². The second-order valence-electron chi connectivity index (χ2n) is 5.91. The lowest BCUT2D eigenvalue weighted by atomic mass is 9.99. The third kappa shape index (κ3) is 5.76. The van der Waals surface area contributed by atoms with E-state index in [0.29, 0.717) is 0 Å². The second-order valence-corrected chi connectivity index (χ2v) is 5.91. The molecule has 1 atom stereocenters. The molecule has 0 spiro atoms. The Morgan fingerprint density at radius 2 is 1.75 bits per heavy atom. The Labute approximate surface area is 138 Å². The van der Waals surface area contributed by atoms with Gasteiger partial charge in [0.15, 0.2) is 0 Å². The number of halogens is 5. The molecule has 24 heavy (non-hydrogen) atoms. The number of amides is 1. The van der Waals surface area contributed by atoms with Crippen LogP contribution >= 0.6 is 0 Å². The third-order valence-corrected chi connectivity index (χ3v) is 3.71. The van der Waals surface area contributed by atoms with Crippen molar-refractivity contribution in [2.24, 2.45) is 0 Å². The number of hydrogen-bond donors (Lipinski definition) is 1. The van der Waals surface area contributed by atoms with Crippen LogP contribution < -0.4 is 5.32 Å². The van der Waals surface area contributed by atoms with Crippen molar-refractivity contribution in [1.29, 1.82) is 0 Å². The molecule has 0 bridgehead atoms. The average molecular weight is 351 g/mol. The summed E-state index contributed by atoms with van der Waals surface area (Å²) in [6.07, 6.45) is -3.54. The van der Waals surface area contributed by atoms with E-state index in [1.807, 2.05) is 6.92 Å². The van der Waals surface area contributed by atoms with Crippen LogP contribution in [0.15, 0.2) is 24.3 Å². The Morgan fingerprint density at radius 3 is 2.33 bits per heavy atom. The number of benzene rings is 1.